The van der Waals surface area contributed by atoms with Crippen molar-refractivity contribution >= 4 is 10.9 Å². The Labute approximate surface area is 124 Å². The molecule has 0 atom stereocenters. The van der Waals surface area contributed by atoms with Crippen molar-refractivity contribution in [2.45, 2.75) is 19.4 Å². The fraction of sp³-hybridized carbons (Fsp3) is 0.222. The molecule has 3 rings (SSSR count). The average Bonchev–Trinajstić information content (AvgIpc) is 2.90. The lowest BCUT2D eigenvalue weighted by atomic mass is 10.1. The highest BCUT2D eigenvalue weighted by Crippen LogP contribution is 2.21. The molecular weight excluding hydrogens is 262 g/mol. The third-order valence-corrected chi connectivity index (χ3v) is 3.78. The fourth-order valence-electron chi connectivity index (χ4n) is 2.63. The van der Waals surface area contributed by atoms with Crippen molar-refractivity contribution in [2.75, 3.05) is 7.11 Å². The normalized spacial score (nSPS) is 10.9. The lowest BCUT2D eigenvalue weighted by Crippen LogP contribution is -1.98. The average molecular weight is 281 g/mol. The van der Waals surface area contributed by atoms with Gasteiger partial charge in [0.05, 0.1) is 7.11 Å². The molecule has 0 amide bonds. The van der Waals surface area contributed by atoms with Crippen LogP contribution in [0.15, 0.2) is 54.7 Å². The quantitative estimate of drug-likeness (QED) is 0.767. The number of hydrogen-bond acceptors (Lipinski definition) is 2. The standard InChI is InChI=1S/C18H19NO2/c1-21-17-7-4-14(5-8-17)3-2-11-19-12-10-15-13-16(20)6-9-18(15)19/h4-10,12-13,20H,2-3,11H2,1H3. The number of aryl methyl sites for hydroxylation is 2. The van der Waals surface area contributed by atoms with Crippen LogP contribution in [0.5, 0.6) is 11.5 Å². The summed E-state index contributed by atoms with van der Waals surface area (Å²) in [6, 6.07) is 15.8. The number of aromatic hydroxyl groups is 1. The van der Waals surface area contributed by atoms with E-state index in [-0.39, 0.29) is 0 Å². The van der Waals surface area contributed by atoms with E-state index in [4.69, 9.17) is 4.74 Å². The first kappa shape index (κ1) is 13.6. The Bertz CT molecular complexity index is 729. The summed E-state index contributed by atoms with van der Waals surface area (Å²) in [7, 11) is 1.68. The topological polar surface area (TPSA) is 34.4 Å². The fourth-order valence-corrected chi connectivity index (χ4v) is 2.63. The van der Waals surface area contributed by atoms with E-state index in [1.165, 1.54) is 11.1 Å². The molecule has 0 radical (unpaired) electrons. The van der Waals surface area contributed by atoms with Crippen LogP contribution in [0.4, 0.5) is 0 Å². The second-order valence-corrected chi connectivity index (χ2v) is 5.20. The van der Waals surface area contributed by atoms with E-state index in [1.54, 1.807) is 19.2 Å². The van der Waals surface area contributed by atoms with E-state index >= 15 is 0 Å². The molecule has 0 saturated carbocycles. The van der Waals surface area contributed by atoms with E-state index in [9.17, 15) is 5.11 Å². The largest absolute Gasteiger partial charge is 0.508 e. The monoisotopic (exact) mass is 281 g/mol. The van der Waals surface area contributed by atoms with Crippen molar-refractivity contribution in [3.63, 3.8) is 0 Å². The van der Waals surface area contributed by atoms with E-state index in [0.717, 1.165) is 30.5 Å². The first-order valence-corrected chi connectivity index (χ1v) is 7.17. The SMILES string of the molecule is COc1ccc(CCCn2ccc3cc(O)ccc32)cc1. The number of aromatic nitrogens is 1. The van der Waals surface area contributed by atoms with Gasteiger partial charge in [0.25, 0.3) is 0 Å². The van der Waals surface area contributed by atoms with Crippen LogP contribution >= 0.6 is 0 Å². The van der Waals surface area contributed by atoms with E-state index in [1.807, 2.05) is 24.3 Å². The van der Waals surface area contributed by atoms with E-state index in [0.29, 0.717) is 5.75 Å². The highest BCUT2D eigenvalue weighted by Gasteiger charge is 2.02. The molecule has 0 bridgehead atoms. The molecule has 1 heterocycles. The molecule has 3 aromatic rings. The molecule has 0 aliphatic carbocycles. The Kier molecular flexibility index (Phi) is 3.82. The molecule has 0 aliphatic rings. The minimum absolute atomic E-state index is 0.318. The smallest absolute Gasteiger partial charge is 0.118 e. The van der Waals surface area contributed by atoms with Crippen molar-refractivity contribution < 1.29 is 9.84 Å². The van der Waals surface area contributed by atoms with Gasteiger partial charge in [-0.25, -0.2) is 0 Å². The second kappa shape index (κ2) is 5.92. The summed E-state index contributed by atoms with van der Waals surface area (Å²) < 4.78 is 7.40. The van der Waals surface area contributed by atoms with Gasteiger partial charge in [-0.3, -0.25) is 0 Å². The number of rotatable bonds is 5. The Hall–Kier alpha value is -2.42. The summed E-state index contributed by atoms with van der Waals surface area (Å²) in [5.41, 5.74) is 2.49. The molecule has 3 nitrogen and oxygen atoms in total. The first-order chi connectivity index (χ1) is 10.3. The van der Waals surface area contributed by atoms with Crippen molar-refractivity contribution in [3.05, 3.63) is 60.3 Å². The van der Waals surface area contributed by atoms with Gasteiger partial charge in [0.15, 0.2) is 0 Å². The Morgan fingerprint density at radius 3 is 2.62 bits per heavy atom. The molecule has 2 aromatic carbocycles. The number of hydrogen-bond donors (Lipinski definition) is 1. The molecule has 0 aliphatic heterocycles. The zero-order valence-electron chi connectivity index (χ0n) is 12.1. The molecule has 3 heteroatoms. The van der Waals surface area contributed by atoms with Crippen LogP contribution in [0, 0.1) is 0 Å². The summed E-state index contributed by atoms with van der Waals surface area (Å²) in [6.07, 6.45) is 4.21. The number of nitrogens with zero attached hydrogens (tertiary/aromatic N) is 1. The summed E-state index contributed by atoms with van der Waals surface area (Å²) in [5.74, 6) is 1.22. The first-order valence-electron chi connectivity index (χ1n) is 7.17. The second-order valence-electron chi connectivity index (χ2n) is 5.20. The van der Waals surface area contributed by atoms with Crippen molar-refractivity contribution in [3.8, 4) is 11.5 Å². The number of phenolic OH excluding ortho intramolecular Hbond substituents is 1. The number of ether oxygens (including phenoxy) is 1. The van der Waals surface area contributed by atoms with Crippen LogP contribution < -0.4 is 4.74 Å². The van der Waals surface area contributed by atoms with Gasteiger partial charge in [-0.2, -0.15) is 0 Å². The molecule has 1 aromatic heterocycles. The van der Waals surface area contributed by atoms with Gasteiger partial charge in [0, 0.05) is 23.6 Å². The molecule has 1 N–H and O–H groups in total. The maximum Gasteiger partial charge on any atom is 0.118 e. The van der Waals surface area contributed by atoms with E-state index in [2.05, 4.69) is 22.9 Å². The molecule has 0 spiro atoms. The predicted molar refractivity (Wildman–Crippen MR) is 84.9 cm³/mol. The molecule has 21 heavy (non-hydrogen) atoms. The summed E-state index contributed by atoms with van der Waals surface area (Å²) >= 11 is 0. The zero-order valence-corrected chi connectivity index (χ0v) is 12.1. The van der Waals surface area contributed by atoms with Crippen LogP contribution in [0.2, 0.25) is 0 Å². The van der Waals surface area contributed by atoms with Crippen molar-refractivity contribution in [1.82, 2.24) is 4.57 Å². The van der Waals surface area contributed by atoms with Gasteiger partial charge >= 0.3 is 0 Å². The number of fused-ring (bicyclic) bond motifs is 1. The highest BCUT2D eigenvalue weighted by atomic mass is 16.5. The maximum absolute atomic E-state index is 9.49. The molecule has 0 fully saturated rings. The number of phenols is 1. The van der Waals surface area contributed by atoms with Gasteiger partial charge in [-0.15, -0.1) is 0 Å². The third kappa shape index (κ3) is 3.02. The van der Waals surface area contributed by atoms with Gasteiger partial charge in [0.2, 0.25) is 0 Å². The van der Waals surface area contributed by atoms with Crippen molar-refractivity contribution in [1.29, 1.82) is 0 Å². The molecule has 0 unspecified atom stereocenters. The maximum atomic E-state index is 9.49. The number of methoxy groups -OCH3 is 1. The Morgan fingerprint density at radius 1 is 1.05 bits per heavy atom. The van der Waals surface area contributed by atoms with Crippen LogP contribution in [0.25, 0.3) is 10.9 Å². The summed E-state index contributed by atoms with van der Waals surface area (Å²) in [6.45, 7) is 0.973. The van der Waals surface area contributed by atoms with Gasteiger partial charge in [-0.1, -0.05) is 12.1 Å². The van der Waals surface area contributed by atoms with Gasteiger partial charge < -0.3 is 14.4 Å². The highest BCUT2D eigenvalue weighted by molar-refractivity contribution is 5.81. The number of benzene rings is 2. The lowest BCUT2D eigenvalue weighted by molar-refractivity contribution is 0.414. The summed E-state index contributed by atoms with van der Waals surface area (Å²) in [5, 5.41) is 10.6. The van der Waals surface area contributed by atoms with Crippen LogP contribution in [-0.2, 0) is 13.0 Å². The van der Waals surface area contributed by atoms with Gasteiger partial charge in [-0.05, 0) is 54.8 Å². The molecule has 108 valence electrons. The Balaban J connectivity index is 1.63. The van der Waals surface area contributed by atoms with Crippen molar-refractivity contribution in [2.24, 2.45) is 0 Å². The molecule has 0 saturated heterocycles. The minimum Gasteiger partial charge on any atom is -0.508 e. The van der Waals surface area contributed by atoms with Crippen LogP contribution in [0.3, 0.4) is 0 Å². The lowest BCUT2D eigenvalue weighted by Gasteiger charge is -2.06. The summed E-state index contributed by atoms with van der Waals surface area (Å²) in [4.78, 5) is 0. The molecular formula is C18H19NO2. The zero-order chi connectivity index (χ0) is 14.7. The van der Waals surface area contributed by atoms with E-state index < -0.39 is 0 Å². The van der Waals surface area contributed by atoms with Crippen LogP contribution in [0.1, 0.15) is 12.0 Å². The minimum atomic E-state index is 0.318. The Morgan fingerprint density at radius 2 is 1.86 bits per heavy atom. The van der Waals surface area contributed by atoms with Crippen LogP contribution in [-0.4, -0.2) is 16.8 Å². The van der Waals surface area contributed by atoms with Gasteiger partial charge in [0.1, 0.15) is 11.5 Å². The third-order valence-electron chi connectivity index (χ3n) is 3.78. The predicted octanol–water partition coefficient (Wildman–Crippen LogP) is 3.99.